The zero-order valence-corrected chi connectivity index (χ0v) is 9.02. The van der Waals surface area contributed by atoms with Gasteiger partial charge in [-0.25, -0.2) is 4.39 Å². The van der Waals surface area contributed by atoms with E-state index < -0.39 is 0 Å². The van der Waals surface area contributed by atoms with E-state index in [0.29, 0.717) is 5.56 Å². The predicted molar refractivity (Wildman–Crippen MR) is 59.6 cm³/mol. The molecule has 1 aliphatic heterocycles. The van der Waals surface area contributed by atoms with Crippen LogP contribution in [0.5, 0.6) is 0 Å². The maximum atomic E-state index is 12.6. The van der Waals surface area contributed by atoms with Crippen LogP contribution in [-0.4, -0.2) is 23.5 Å². The minimum atomic E-state index is -0.317. The van der Waals surface area contributed by atoms with Crippen LogP contribution >= 0.6 is 11.8 Å². The van der Waals surface area contributed by atoms with E-state index in [4.69, 9.17) is 0 Å². The second kappa shape index (κ2) is 4.66. The van der Waals surface area contributed by atoms with Gasteiger partial charge in [0.15, 0.2) is 0 Å². The first-order valence-corrected chi connectivity index (χ1v) is 6.05. The molecule has 1 N–H and O–H groups in total. The van der Waals surface area contributed by atoms with E-state index in [1.807, 2.05) is 11.8 Å². The third kappa shape index (κ3) is 2.72. The maximum Gasteiger partial charge on any atom is 0.251 e. The van der Waals surface area contributed by atoms with Crippen LogP contribution in [0.3, 0.4) is 0 Å². The van der Waals surface area contributed by atoms with E-state index in [-0.39, 0.29) is 17.8 Å². The number of carbonyl (C=O) groups excluding carboxylic acids is 1. The fourth-order valence-electron chi connectivity index (χ4n) is 1.52. The van der Waals surface area contributed by atoms with Gasteiger partial charge >= 0.3 is 0 Å². The summed E-state index contributed by atoms with van der Waals surface area (Å²) in [6.07, 6.45) is 1.03. The van der Waals surface area contributed by atoms with Crippen molar-refractivity contribution in [1.29, 1.82) is 0 Å². The smallest absolute Gasteiger partial charge is 0.251 e. The lowest BCUT2D eigenvalue weighted by atomic mass is 10.2. The van der Waals surface area contributed by atoms with Gasteiger partial charge in [-0.05, 0) is 36.4 Å². The quantitative estimate of drug-likeness (QED) is 0.834. The van der Waals surface area contributed by atoms with Gasteiger partial charge in [-0.3, -0.25) is 4.79 Å². The highest BCUT2D eigenvalue weighted by atomic mass is 32.2. The van der Waals surface area contributed by atoms with Crippen LogP contribution in [0.15, 0.2) is 24.3 Å². The molecule has 4 heteroatoms. The molecule has 1 saturated heterocycles. The van der Waals surface area contributed by atoms with Crippen LogP contribution in [0.25, 0.3) is 0 Å². The van der Waals surface area contributed by atoms with Crippen LogP contribution in [0.4, 0.5) is 4.39 Å². The summed E-state index contributed by atoms with van der Waals surface area (Å²) >= 11 is 1.85. The van der Waals surface area contributed by atoms with Gasteiger partial charge in [-0.15, -0.1) is 0 Å². The maximum absolute atomic E-state index is 12.6. The fraction of sp³-hybridized carbons (Fsp3) is 0.364. The molecule has 2 nitrogen and oxygen atoms in total. The monoisotopic (exact) mass is 225 g/mol. The second-order valence-electron chi connectivity index (χ2n) is 3.54. The molecule has 15 heavy (non-hydrogen) atoms. The summed E-state index contributed by atoms with van der Waals surface area (Å²) in [4.78, 5) is 11.7. The van der Waals surface area contributed by atoms with Crippen LogP contribution in [-0.2, 0) is 0 Å². The van der Waals surface area contributed by atoms with Crippen molar-refractivity contribution >= 4 is 17.7 Å². The Hall–Kier alpha value is -1.03. The lowest BCUT2D eigenvalue weighted by molar-refractivity contribution is 0.0941. The van der Waals surface area contributed by atoms with Gasteiger partial charge in [0.05, 0.1) is 0 Å². The first-order chi connectivity index (χ1) is 7.25. The predicted octanol–water partition coefficient (Wildman–Crippen LogP) is 2.06. The molecule has 80 valence electrons. The van der Waals surface area contributed by atoms with Gasteiger partial charge in [-0.2, -0.15) is 11.8 Å². The topological polar surface area (TPSA) is 29.1 Å². The van der Waals surface area contributed by atoms with E-state index in [1.54, 1.807) is 0 Å². The van der Waals surface area contributed by atoms with E-state index >= 15 is 0 Å². The van der Waals surface area contributed by atoms with Crippen molar-refractivity contribution in [2.45, 2.75) is 12.5 Å². The Kier molecular flexibility index (Phi) is 3.26. The zero-order valence-electron chi connectivity index (χ0n) is 8.20. The minimum Gasteiger partial charge on any atom is -0.348 e. The zero-order chi connectivity index (χ0) is 10.7. The Bertz CT molecular complexity index is 346. The summed E-state index contributed by atoms with van der Waals surface area (Å²) in [5.41, 5.74) is 0.522. The molecular weight excluding hydrogens is 213 g/mol. The highest BCUT2D eigenvalue weighted by Crippen LogP contribution is 2.17. The minimum absolute atomic E-state index is 0.109. The standard InChI is InChI=1S/C11H12FNOS/c12-9-3-1-8(2-4-9)11(14)13-10-5-6-15-7-10/h1-4,10H,5-7H2,(H,13,14)/t10-/m0/s1. The van der Waals surface area contributed by atoms with Crippen molar-refractivity contribution in [1.82, 2.24) is 5.32 Å². The highest BCUT2D eigenvalue weighted by molar-refractivity contribution is 7.99. The molecular formula is C11H12FNOS. The Morgan fingerprint density at radius 3 is 2.73 bits per heavy atom. The molecule has 2 rings (SSSR count). The number of hydrogen-bond donors (Lipinski definition) is 1. The number of carbonyl (C=O) groups is 1. The van der Waals surface area contributed by atoms with E-state index in [0.717, 1.165) is 17.9 Å². The van der Waals surface area contributed by atoms with Crippen LogP contribution < -0.4 is 5.32 Å². The number of benzene rings is 1. The highest BCUT2D eigenvalue weighted by Gasteiger charge is 2.18. The van der Waals surface area contributed by atoms with Crippen molar-refractivity contribution in [2.24, 2.45) is 0 Å². The average molecular weight is 225 g/mol. The van der Waals surface area contributed by atoms with Crippen molar-refractivity contribution in [3.8, 4) is 0 Å². The summed E-state index contributed by atoms with van der Waals surface area (Å²) in [7, 11) is 0. The summed E-state index contributed by atoms with van der Waals surface area (Å²) in [5, 5.41) is 2.93. The number of hydrogen-bond acceptors (Lipinski definition) is 2. The molecule has 0 aromatic heterocycles. The van der Waals surface area contributed by atoms with Crippen molar-refractivity contribution in [3.05, 3.63) is 35.6 Å². The van der Waals surface area contributed by atoms with Gasteiger partial charge in [0, 0.05) is 17.4 Å². The lowest BCUT2D eigenvalue weighted by Gasteiger charge is -2.10. The van der Waals surface area contributed by atoms with Gasteiger partial charge in [0.1, 0.15) is 5.82 Å². The molecule has 1 aliphatic rings. The Morgan fingerprint density at radius 2 is 2.13 bits per heavy atom. The SMILES string of the molecule is O=C(N[C@H]1CCSC1)c1ccc(F)cc1. The Morgan fingerprint density at radius 1 is 1.40 bits per heavy atom. The van der Waals surface area contributed by atoms with E-state index in [2.05, 4.69) is 5.32 Å². The molecule has 0 saturated carbocycles. The molecule has 0 radical (unpaired) electrons. The van der Waals surface area contributed by atoms with E-state index in [1.165, 1.54) is 24.3 Å². The van der Waals surface area contributed by atoms with Crippen molar-refractivity contribution < 1.29 is 9.18 Å². The molecule has 0 spiro atoms. The molecule has 1 heterocycles. The number of nitrogens with one attached hydrogen (secondary N) is 1. The number of thioether (sulfide) groups is 1. The molecule has 0 unspecified atom stereocenters. The van der Waals surface area contributed by atoms with Crippen molar-refractivity contribution in [2.75, 3.05) is 11.5 Å². The van der Waals surface area contributed by atoms with Gasteiger partial charge in [0.2, 0.25) is 0 Å². The Balaban J connectivity index is 1.98. The molecule has 0 aliphatic carbocycles. The first kappa shape index (κ1) is 10.5. The van der Waals surface area contributed by atoms with Gasteiger partial charge in [0.25, 0.3) is 5.91 Å². The van der Waals surface area contributed by atoms with E-state index in [9.17, 15) is 9.18 Å². The largest absolute Gasteiger partial charge is 0.348 e. The fourth-order valence-corrected chi connectivity index (χ4v) is 2.67. The van der Waals surface area contributed by atoms with Crippen molar-refractivity contribution in [3.63, 3.8) is 0 Å². The third-order valence-electron chi connectivity index (χ3n) is 2.37. The lowest BCUT2D eigenvalue weighted by Crippen LogP contribution is -2.34. The first-order valence-electron chi connectivity index (χ1n) is 4.90. The number of rotatable bonds is 2. The average Bonchev–Trinajstić information content (AvgIpc) is 2.71. The summed E-state index contributed by atoms with van der Waals surface area (Å²) < 4.78 is 12.6. The molecule has 1 fully saturated rings. The van der Waals surface area contributed by atoms with Crippen LogP contribution in [0.2, 0.25) is 0 Å². The number of halogens is 1. The van der Waals surface area contributed by atoms with Crippen LogP contribution in [0.1, 0.15) is 16.8 Å². The molecule has 1 aromatic rings. The normalized spacial score (nSPS) is 20.2. The van der Waals surface area contributed by atoms with Gasteiger partial charge in [-0.1, -0.05) is 0 Å². The molecule has 1 atom stereocenters. The second-order valence-corrected chi connectivity index (χ2v) is 4.69. The summed E-state index contributed by atoms with van der Waals surface area (Å²) in [5.74, 6) is 1.66. The molecule has 1 amide bonds. The molecule has 1 aromatic carbocycles. The third-order valence-corrected chi connectivity index (χ3v) is 3.53. The van der Waals surface area contributed by atoms with Crippen LogP contribution in [0, 0.1) is 5.82 Å². The Labute approximate surface area is 92.3 Å². The summed E-state index contributed by atoms with van der Waals surface area (Å²) in [6, 6.07) is 5.89. The van der Waals surface area contributed by atoms with Gasteiger partial charge < -0.3 is 5.32 Å². The summed E-state index contributed by atoms with van der Waals surface area (Å²) in [6.45, 7) is 0. The number of amides is 1. The molecule has 0 bridgehead atoms.